The van der Waals surface area contributed by atoms with Crippen LogP contribution in [0.2, 0.25) is 0 Å². The summed E-state index contributed by atoms with van der Waals surface area (Å²) >= 11 is 0. The van der Waals surface area contributed by atoms with Crippen LogP contribution in [0.1, 0.15) is 42.0 Å². The SMILES string of the molecule is C[C@@](O)(C(=O)CCCS(C)(=O)=O)c1ccc2c(c1)CCc1c-2noc1-c1noc(-c2ccccc2)c1C(F)(F)F. The van der Waals surface area contributed by atoms with Gasteiger partial charge in [0.15, 0.2) is 23.0 Å². The number of halogens is 3. The van der Waals surface area contributed by atoms with Gasteiger partial charge < -0.3 is 14.2 Å². The van der Waals surface area contributed by atoms with Gasteiger partial charge in [0.2, 0.25) is 0 Å². The van der Waals surface area contributed by atoms with Crippen molar-refractivity contribution in [2.24, 2.45) is 0 Å². The number of nitrogens with zero attached hydrogens (tertiary/aromatic N) is 2. The molecule has 0 saturated carbocycles. The van der Waals surface area contributed by atoms with Crippen molar-refractivity contribution >= 4 is 15.6 Å². The van der Waals surface area contributed by atoms with Gasteiger partial charge in [0, 0.05) is 29.4 Å². The molecule has 2 aromatic heterocycles. The lowest BCUT2D eigenvalue weighted by Gasteiger charge is -2.25. The van der Waals surface area contributed by atoms with Crippen LogP contribution in [-0.4, -0.2) is 41.6 Å². The molecular formula is C28H25F3N2O6S. The quantitative estimate of drug-likeness (QED) is 0.298. The fraction of sp³-hybridized carbons (Fsp3) is 0.321. The highest BCUT2D eigenvalue weighted by molar-refractivity contribution is 7.90. The minimum absolute atomic E-state index is 0.0950. The fourth-order valence-electron chi connectivity index (χ4n) is 4.93. The van der Waals surface area contributed by atoms with Crippen LogP contribution in [0.15, 0.2) is 57.6 Å². The minimum Gasteiger partial charge on any atom is -0.378 e. The molecule has 0 unspecified atom stereocenters. The van der Waals surface area contributed by atoms with E-state index >= 15 is 0 Å². The van der Waals surface area contributed by atoms with Crippen LogP contribution in [0.4, 0.5) is 13.2 Å². The van der Waals surface area contributed by atoms with Gasteiger partial charge in [0.1, 0.15) is 26.7 Å². The molecule has 1 N–H and O–H groups in total. The first kappa shape index (κ1) is 27.8. The number of aryl methyl sites for hydroxylation is 1. The Labute approximate surface area is 227 Å². The summed E-state index contributed by atoms with van der Waals surface area (Å²) in [5.74, 6) is -1.23. The first-order chi connectivity index (χ1) is 18.8. The number of fused-ring (bicyclic) bond motifs is 3. The second-order valence-electron chi connectivity index (χ2n) is 10.0. The molecule has 2 aromatic carbocycles. The number of hydrogen-bond donors (Lipinski definition) is 1. The molecule has 0 amide bonds. The number of aromatic nitrogens is 2. The van der Waals surface area contributed by atoms with Crippen LogP contribution in [0.3, 0.4) is 0 Å². The highest BCUT2D eigenvalue weighted by atomic mass is 32.2. The van der Waals surface area contributed by atoms with Crippen LogP contribution < -0.4 is 0 Å². The van der Waals surface area contributed by atoms with Gasteiger partial charge in [-0.2, -0.15) is 13.2 Å². The van der Waals surface area contributed by atoms with E-state index in [1.54, 1.807) is 36.4 Å². The molecule has 1 aliphatic carbocycles. The van der Waals surface area contributed by atoms with Gasteiger partial charge in [-0.15, -0.1) is 0 Å². The Balaban J connectivity index is 1.48. The van der Waals surface area contributed by atoms with E-state index in [2.05, 4.69) is 10.3 Å². The highest BCUT2D eigenvalue weighted by Gasteiger charge is 2.43. The van der Waals surface area contributed by atoms with Crippen molar-refractivity contribution in [3.8, 4) is 34.0 Å². The van der Waals surface area contributed by atoms with E-state index in [0.717, 1.165) is 11.8 Å². The smallest absolute Gasteiger partial charge is 0.378 e. The molecule has 1 atom stereocenters. The zero-order chi connectivity index (χ0) is 28.9. The Morgan fingerprint density at radius 2 is 1.68 bits per heavy atom. The number of ketones is 1. The monoisotopic (exact) mass is 574 g/mol. The van der Waals surface area contributed by atoms with E-state index in [4.69, 9.17) is 9.05 Å². The van der Waals surface area contributed by atoms with Crippen molar-refractivity contribution in [1.29, 1.82) is 0 Å². The van der Waals surface area contributed by atoms with Gasteiger partial charge in [-0.1, -0.05) is 58.8 Å². The maximum atomic E-state index is 14.2. The second kappa shape index (κ2) is 10.0. The molecule has 2 heterocycles. The Kier molecular flexibility index (Phi) is 6.95. The fourth-order valence-corrected chi connectivity index (χ4v) is 5.60. The van der Waals surface area contributed by atoms with Gasteiger partial charge in [-0.25, -0.2) is 8.42 Å². The molecule has 1 aliphatic rings. The van der Waals surface area contributed by atoms with Crippen LogP contribution in [0.25, 0.3) is 34.0 Å². The van der Waals surface area contributed by atoms with Gasteiger partial charge in [-0.3, -0.25) is 4.79 Å². The first-order valence-electron chi connectivity index (χ1n) is 12.5. The number of hydrogen-bond acceptors (Lipinski definition) is 8. The third-order valence-electron chi connectivity index (χ3n) is 7.04. The average molecular weight is 575 g/mol. The average Bonchev–Trinajstić information content (AvgIpc) is 3.52. The number of carbonyl (C=O) groups excluding carboxylic acids is 1. The molecule has 0 spiro atoms. The van der Waals surface area contributed by atoms with Crippen molar-refractivity contribution in [3.63, 3.8) is 0 Å². The lowest BCUT2D eigenvalue weighted by molar-refractivity contribution is -0.137. The second-order valence-corrected chi connectivity index (χ2v) is 12.3. The Bertz CT molecular complexity index is 1690. The van der Waals surface area contributed by atoms with E-state index in [0.29, 0.717) is 28.8 Å². The zero-order valence-electron chi connectivity index (χ0n) is 21.6. The Morgan fingerprint density at radius 3 is 2.35 bits per heavy atom. The van der Waals surface area contributed by atoms with Crippen LogP contribution in [-0.2, 0) is 39.3 Å². The molecule has 0 aliphatic heterocycles. The molecule has 0 fully saturated rings. The molecule has 0 bridgehead atoms. The Hall–Kier alpha value is -3.77. The zero-order valence-corrected chi connectivity index (χ0v) is 22.4. The predicted octanol–water partition coefficient (Wildman–Crippen LogP) is 5.38. The maximum Gasteiger partial charge on any atom is 0.422 e. The topological polar surface area (TPSA) is 124 Å². The summed E-state index contributed by atoms with van der Waals surface area (Å²) in [5, 5.41) is 18.8. The van der Waals surface area contributed by atoms with Crippen molar-refractivity contribution in [3.05, 3.63) is 70.8 Å². The van der Waals surface area contributed by atoms with E-state index in [1.165, 1.54) is 19.1 Å². The summed E-state index contributed by atoms with van der Waals surface area (Å²) in [7, 11) is -3.23. The third kappa shape index (κ3) is 5.20. The molecule has 8 nitrogen and oxygen atoms in total. The highest BCUT2D eigenvalue weighted by Crippen LogP contribution is 2.46. The first-order valence-corrected chi connectivity index (χ1v) is 14.5. The summed E-state index contributed by atoms with van der Waals surface area (Å²) in [6.07, 6.45) is -3.05. The van der Waals surface area contributed by atoms with E-state index < -0.39 is 44.4 Å². The number of alkyl halides is 3. The largest absolute Gasteiger partial charge is 0.422 e. The molecule has 0 saturated heterocycles. The molecule has 5 rings (SSSR count). The molecule has 4 aromatic rings. The van der Waals surface area contributed by atoms with Crippen molar-refractivity contribution < 1.29 is 40.5 Å². The van der Waals surface area contributed by atoms with Gasteiger partial charge in [0.25, 0.3) is 0 Å². The molecular weight excluding hydrogens is 549 g/mol. The van der Waals surface area contributed by atoms with Crippen molar-refractivity contribution in [2.75, 3.05) is 12.0 Å². The predicted molar refractivity (Wildman–Crippen MR) is 139 cm³/mol. The standard InChI is InChI=1S/C28H25F3N2O6S/c1-27(35,21(34)9-6-14-40(2,36)37)18-11-13-19-17(15-18)10-12-20-23(19)32-39-26(20)24-22(28(29,30)31)25(38-33-24)16-7-4-3-5-8-16/h3-5,7-8,11,13,15,35H,6,9-10,12,14H2,1-2H3/t27-/m0/s1. The lowest BCUT2D eigenvalue weighted by Crippen LogP contribution is -2.32. The summed E-state index contributed by atoms with van der Waals surface area (Å²) in [6.45, 7) is 1.35. The molecule has 0 radical (unpaired) electrons. The normalized spacial score (nSPS) is 14.8. The summed E-state index contributed by atoms with van der Waals surface area (Å²) in [6, 6.07) is 12.7. The number of carbonyl (C=O) groups is 1. The molecule has 12 heteroatoms. The van der Waals surface area contributed by atoms with Crippen molar-refractivity contribution in [2.45, 2.75) is 44.4 Å². The van der Waals surface area contributed by atoms with Crippen LogP contribution in [0, 0.1) is 0 Å². The number of rotatable bonds is 8. The van der Waals surface area contributed by atoms with Gasteiger partial charge >= 0.3 is 6.18 Å². The summed E-state index contributed by atoms with van der Waals surface area (Å²) < 4.78 is 75.9. The van der Waals surface area contributed by atoms with Gasteiger partial charge in [-0.05, 0) is 37.3 Å². The van der Waals surface area contributed by atoms with E-state index in [-0.39, 0.29) is 36.3 Å². The molecule has 40 heavy (non-hydrogen) atoms. The summed E-state index contributed by atoms with van der Waals surface area (Å²) in [4.78, 5) is 12.7. The minimum atomic E-state index is -4.78. The van der Waals surface area contributed by atoms with Gasteiger partial charge in [0.05, 0.1) is 5.75 Å². The number of aliphatic hydroxyl groups is 1. The third-order valence-corrected chi connectivity index (χ3v) is 8.07. The lowest BCUT2D eigenvalue weighted by atomic mass is 9.83. The maximum absolute atomic E-state index is 14.2. The molecule has 210 valence electrons. The van der Waals surface area contributed by atoms with Crippen molar-refractivity contribution in [1.82, 2.24) is 10.3 Å². The number of sulfone groups is 1. The van der Waals surface area contributed by atoms with Crippen LogP contribution in [0.5, 0.6) is 0 Å². The number of benzene rings is 2. The van der Waals surface area contributed by atoms with E-state index in [1.807, 2.05) is 0 Å². The number of Topliss-reactive ketones (excluding diaryl/α,β-unsaturated/α-hetero) is 1. The summed E-state index contributed by atoms with van der Waals surface area (Å²) in [5.41, 5.74) is -0.716. The van der Waals surface area contributed by atoms with Crippen LogP contribution >= 0.6 is 0 Å². The Morgan fingerprint density at radius 1 is 1.00 bits per heavy atom. The van der Waals surface area contributed by atoms with E-state index in [9.17, 15) is 31.5 Å².